The molecule has 1 saturated heterocycles. The molecule has 0 aliphatic carbocycles. The number of amides is 1. The Morgan fingerprint density at radius 1 is 1.30 bits per heavy atom. The van der Waals surface area contributed by atoms with Gasteiger partial charge in [-0.05, 0) is 24.1 Å². The summed E-state index contributed by atoms with van der Waals surface area (Å²) >= 11 is 0. The largest absolute Gasteiger partial charge is 0.340 e. The normalized spacial score (nSPS) is 14.8. The summed E-state index contributed by atoms with van der Waals surface area (Å²) in [4.78, 5) is 22.7. The number of hydrogen-bond acceptors (Lipinski definition) is 4. The summed E-state index contributed by atoms with van der Waals surface area (Å²) in [6, 6.07) is 3.40. The molecule has 9 heteroatoms. The van der Waals surface area contributed by atoms with E-state index >= 15 is 0 Å². The molecule has 1 fully saturated rings. The van der Waals surface area contributed by atoms with Crippen LogP contribution < -0.4 is 0 Å². The Bertz CT molecular complexity index is 1010. The number of carbonyl (C=O) groups excluding carboxylic acids is 1. The van der Waals surface area contributed by atoms with Gasteiger partial charge in [0.1, 0.15) is 17.9 Å². The quantitative estimate of drug-likeness (QED) is 0.703. The fourth-order valence-electron chi connectivity index (χ4n) is 3.10. The number of hydrogen-bond donors (Lipinski definition) is 0. The van der Waals surface area contributed by atoms with Crippen LogP contribution in [0.3, 0.4) is 0 Å². The minimum absolute atomic E-state index is 0.0278. The molecule has 1 aliphatic rings. The highest BCUT2D eigenvalue weighted by Gasteiger charge is 2.27. The highest BCUT2D eigenvalue weighted by atomic mass is 19.3. The van der Waals surface area contributed by atoms with E-state index in [2.05, 4.69) is 22.0 Å². The number of alkyl halides is 2. The van der Waals surface area contributed by atoms with Gasteiger partial charge in [0.2, 0.25) is 5.91 Å². The minimum atomic E-state index is -2.93. The Labute approximate surface area is 152 Å². The number of aromatic nitrogens is 4. The van der Waals surface area contributed by atoms with Crippen molar-refractivity contribution in [3.05, 3.63) is 42.0 Å². The molecular formula is C18H16F3N5O. The van der Waals surface area contributed by atoms with Crippen LogP contribution in [0.25, 0.3) is 22.4 Å². The molecule has 0 radical (unpaired) electrons. The van der Waals surface area contributed by atoms with Crippen LogP contribution in [0, 0.1) is 11.7 Å². The van der Waals surface area contributed by atoms with Gasteiger partial charge in [-0.2, -0.15) is 5.10 Å². The van der Waals surface area contributed by atoms with E-state index in [-0.39, 0.29) is 12.5 Å². The molecule has 2 aromatic heterocycles. The van der Waals surface area contributed by atoms with Crippen LogP contribution in [-0.2, 0) is 11.3 Å². The maximum absolute atomic E-state index is 13.5. The lowest BCUT2D eigenvalue weighted by Gasteiger charge is -2.37. The molecular weight excluding hydrogens is 359 g/mol. The molecule has 27 heavy (non-hydrogen) atoms. The summed E-state index contributed by atoms with van der Waals surface area (Å²) in [6.45, 7) is 3.54. The van der Waals surface area contributed by atoms with E-state index in [0.717, 1.165) is 25.2 Å². The molecule has 3 heterocycles. The Kier molecular flexibility index (Phi) is 4.29. The first kappa shape index (κ1) is 17.4. The van der Waals surface area contributed by atoms with Crippen molar-refractivity contribution in [2.45, 2.75) is 19.9 Å². The molecule has 3 aromatic rings. The summed E-state index contributed by atoms with van der Waals surface area (Å²) in [5.74, 6) is -0.536. The predicted octanol–water partition coefficient (Wildman–Crippen LogP) is 3.05. The molecule has 6 nitrogen and oxygen atoms in total. The molecule has 1 amide bonds. The van der Waals surface area contributed by atoms with Crippen molar-refractivity contribution in [2.24, 2.45) is 5.92 Å². The van der Waals surface area contributed by atoms with E-state index in [1.54, 1.807) is 4.90 Å². The fourth-order valence-corrected chi connectivity index (χ4v) is 3.10. The second kappa shape index (κ2) is 6.64. The monoisotopic (exact) mass is 375 g/mol. The Hall–Kier alpha value is -2.97. The predicted molar refractivity (Wildman–Crippen MR) is 91.4 cm³/mol. The fraction of sp³-hybridized carbons (Fsp3) is 0.333. The second-order valence-electron chi connectivity index (χ2n) is 6.71. The van der Waals surface area contributed by atoms with E-state index in [1.165, 1.54) is 23.1 Å². The summed E-state index contributed by atoms with van der Waals surface area (Å²) in [6.07, 6.45) is -0.0212. The molecule has 0 saturated carbocycles. The van der Waals surface area contributed by atoms with Crippen LogP contribution in [0.2, 0.25) is 0 Å². The Morgan fingerprint density at radius 3 is 2.78 bits per heavy atom. The Morgan fingerprint density at radius 2 is 2.07 bits per heavy atom. The lowest BCUT2D eigenvalue weighted by molar-refractivity contribution is -0.137. The van der Waals surface area contributed by atoms with Gasteiger partial charge in [-0.1, -0.05) is 6.92 Å². The standard InChI is InChI=1S/C18H16F3N5O/c1-10-7-25(8-10)16(27)9-26-18-15(6-23-26)22-5-14(24-18)11-2-3-13(19)12(4-11)17(20)21/h2-6,10,17H,7-9H2,1H3. The zero-order valence-electron chi connectivity index (χ0n) is 14.4. The number of nitrogens with zero attached hydrogens (tertiary/aromatic N) is 5. The van der Waals surface area contributed by atoms with Crippen molar-refractivity contribution in [2.75, 3.05) is 13.1 Å². The van der Waals surface area contributed by atoms with Crippen molar-refractivity contribution in [3.63, 3.8) is 0 Å². The van der Waals surface area contributed by atoms with Crippen LogP contribution in [0.15, 0.2) is 30.6 Å². The summed E-state index contributed by atoms with van der Waals surface area (Å²) in [5.41, 5.74) is 0.787. The zero-order valence-corrected chi connectivity index (χ0v) is 14.4. The third-order valence-electron chi connectivity index (χ3n) is 4.57. The zero-order chi connectivity index (χ0) is 19.1. The van der Waals surface area contributed by atoms with Crippen LogP contribution in [0.1, 0.15) is 18.9 Å². The van der Waals surface area contributed by atoms with E-state index in [1.807, 2.05) is 0 Å². The number of rotatable bonds is 4. The number of halogens is 3. The molecule has 0 unspecified atom stereocenters. The molecule has 0 N–H and O–H groups in total. The van der Waals surface area contributed by atoms with Gasteiger partial charge >= 0.3 is 0 Å². The molecule has 140 valence electrons. The molecule has 1 aliphatic heterocycles. The van der Waals surface area contributed by atoms with Gasteiger partial charge in [-0.3, -0.25) is 4.79 Å². The number of fused-ring (bicyclic) bond motifs is 1. The van der Waals surface area contributed by atoms with Crippen molar-refractivity contribution >= 4 is 17.1 Å². The summed E-state index contributed by atoms with van der Waals surface area (Å²) in [5, 5.41) is 4.15. The molecule has 1 aromatic carbocycles. The average Bonchev–Trinajstić information content (AvgIpc) is 3.01. The highest BCUT2D eigenvalue weighted by molar-refractivity contribution is 5.80. The number of benzene rings is 1. The summed E-state index contributed by atoms with van der Waals surface area (Å²) in [7, 11) is 0. The average molecular weight is 375 g/mol. The third-order valence-corrected chi connectivity index (χ3v) is 4.57. The smallest absolute Gasteiger partial charge is 0.266 e. The second-order valence-corrected chi connectivity index (χ2v) is 6.71. The van der Waals surface area contributed by atoms with E-state index in [4.69, 9.17) is 0 Å². The maximum atomic E-state index is 13.5. The van der Waals surface area contributed by atoms with E-state index in [0.29, 0.717) is 28.3 Å². The van der Waals surface area contributed by atoms with Crippen LogP contribution in [0.5, 0.6) is 0 Å². The van der Waals surface area contributed by atoms with Gasteiger partial charge < -0.3 is 4.90 Å². The first-order valence-corrected chi connectivity index (χ1v) is 8.46. The SMILES string of the molecule is CC1CN(C(=O)Cn2ncc3ncc(-c4ccc(F)c(C(F)F)c4)nc32)C1. The number of carbonyl (C=O) groups is 1. The number of likely N-dealkylation sites (tertiary alicyclic amines) is 1. The lowest BCUT2D eigenvalue weighted by atomic mass is 10.0. The van der Waals surface area contributed by atoms with Gasteiger partial charge in [0.25, 0.3) is 6.43 Å². The minimum Gasteiger partial charge on any atom is -0.340 e. The van der Waals surface area contributed by atoms with Crippen LogP contribution >= 0.6 is 0 Å². The maximum Gasteiger partial charge on any atom is 0.266 e. The van der Waals surface area contributed by atoms with Crippen molar-refractivity contribution in [3.8, 4) is 11.3 Å². The highest BCUT2D eigenvalue weighted by Crippen LogP contribution is 2.27. The van der Waals surface area contributed by atoms with E-state index in [9.17, 15) is 18.0 Å². The van der Waals surface area contributed by atoms with E-state index < -0.39 is 17.8 Å². The molecule has 0 atom stereocenters. The molecule has 0 bridgehead atoms. The topological polar surface area (TPSA) is 63.9 Å². The van der Waals surface area contributed by atoms with Crippen LogP contribution in [0.4, 0.5) is 13.2 Å². The molecule has 4 rings (SSSR count). The van der Waals surface area contributed by atoms with Crippen LogP contribution in [-0.4, -0.2) is 43.6 Å². The lowest BCUT2D eigenvalue weighted by Crippen LogP contribution is -2.49. The first-order valence-electron chi connectivity index (χ1n) is 8.46. The molecule has 0 spiro atoms. The first-order chi connectivity index (χ1) is 12.9. The third kappa shape index (κ3) is 3.24. The van der Waals surface area contributed by atoms with Crippen molar-refractivity contribution in [1.82, 2.24) is 24.6 Å². The van der Waals surface area contributed by atoms with Gasteiger partial charge in [0, 0.05) is 18.7 Å². The van der Waals surface area contributed by atoms with Gasteiger partial charge in [-0.15, -0.1) is 0 Å². The van der Waals surface area contributed by atoms with Crippen molar-refractivity contribution < 1.29 is 18.0 Å². The van der Waals surface area contributed by atoms with Crippen molar-refractivity contribution in [1.29, 1.82) is 0 Å². The Balaban J connectivity index is 1.66. The summed E-state index contributed by atoms with van der Waals surface area (Å²) < 4.78 is 40.8. The van der Waals surface area contributed by atoms with Gasteiger partial charge in [0.15, 0.2) is 5.65 Å². The van der Waals surface area contributed by atoms with Gasteiger partial charge in [-0.25, -0.2) is 27.8 Å². The van der Waals surface area contributed by atoms with Gasteiger partial charge in [0.05, 0.1) is 23.7 Å².